The first kappa shape index (κ1) is 32.6. The molecule has 0 radical (unpaired) electrons. The number of aromatic nitrogens is 1. The monoisotopic (exact) mass is 597 g/mol. The van der Waals surface area contributed by atoms with E-state index in [1.54, 1.807) is 30.5 Å². The van der Waals surface area contributed by atoms with Crippen LogP contribution < -0.4 is 15.4 Å². The van der Waals surface area contributed by atoms with E-state index in [1.165, 1.54) is 7.11 Å². The molecule has 0 atom stereocenters. The molecule has 9 heteroatoms. The number of hydrogen-bond acceptors (Lipinski definition) is 7. The van der Waals surface area contributed by atoms with E-state index in [1.807, 2.05) is 45.9 Å². The van der Waals surface area contributed by atoms with Crippen molar-refractivity contribution in [2.24, 2.45) is 5.41 Å². The van der Waals surface area contributed by atoms with Crippen molar-refractivity contribution in [2.75, 3.05) is 51.8 Å². The first-order valence-corrected chi connectivity index (χ1v) is 14.9. The number of amides is 2. The summed E-state index contributed by atoms with van der Waals surface area (Å²) >= 11 is 0. The number of pyridine rings is 1. The fourth-order valence-corrected chi connectivity index (χ4v) is 5.27. The number of nitrogens with zero attached hydrogens (tertiary/aromatic N) is 3. The smallest absolute Gasteiger partial charge is 0.259 e. The van der Waals surface area contributed by atoms with Crippen molar-refractivity contribution in [3.05, 3.63) is 76.6 Å². The predicted molar refractivity (Wildman–Crippen MR) is 172 cm³/mol. The third-order valence-electron chi connectivity index (χ3n) is 7.81. The standard InChI is InChI=1S/C35H43N5O4/c1-23-29(24-8-10-25(11-9-24)32(41)38-21-35(5,6)22-40-12-14-44-15-13-40)18-28(20-37-23)39-33(42)30-17-27(34(2,3)4)16-26(19-36)31(30)43-7/h8-11,16-18,20H,12-15,21-22H2,1-7H3,(H,38,41)(H,39,42). The number of methoxy groups -OCH3 is 1. The molecule has 1 aliphatic heterocycles. The SMILES string of the molecule is COc1c(C#N)cc(C(C)(C)C)cc1C(=O)Nc1cnc(C)c(-c2ccc(C(=O)NCC(C)(C)CN3CCOCC3)cc2)c1. The fourth-order valence-electron chi connectivity index (χ4n) is 5.27. The van der Waals surface area contributed by atoms with E-state index in [4.69, 9.17) is 9.47 Å². The lowest BCUT2D eigenvalue weighted by Gasteiger charge is -2.34. The Bertz CT molecular complexity index is 1550. The van der Waals surface area contributed by atoms with Crippen LogP contribution in [0.3, 0.4) is 0 Å². The maximum Gasteiger partial charge on any atom is 0.259 e. The molecule has 1 aromatic heterocycles. The van der Waals surface area contributed by atoms with Crippen LogP contribution >= 0.6 is 0 Å². The lowest BCUT2D eigenvalue weighted by atomic mass is 9.84. The summed E-state index contributed by atoms with van der Waals surface area (Å²) in [6, 6.07) is 14.9. The Morgan fingerprint density at radius 1 is 1.05 bits per heavy atom. The highest BCUT2D eigenvalue weighted by Gasteiger charge is 2.25. The molecule has 9 nitrogen and oxygen atoms in total. The lowest BCUT2D eigenvalue weighted by molar-refractivity contribution is 0.0212. The van der Waals surface area contributed by atoms with Gasteiger partial charge in [0.2, 0.25) is 0 Å². The quantitative estimate of drug-likeness (QED) is 0.331. The van der Waals surface area contributed by atoms with Gasteiger partial charge in [0.25, 0.3) is 11.8 Å². The maximum atomic E-state index is 13.5. The molecule has 0 aliphatic carbocycles. The minimum absolute atomic E-state index is 0.0746. The first-order valence-electron chi connectivity index (χ1n) is 14.9. The van der Waals surface area contributed by atoms with Gasteiger partial charge in [-0.05, 0) is 59.2 Å². The van der Waals surface area contributed by atoms with Crippen LogP contribution in [-0.2, 0) is 10.2 Å². The van der Waals surface area contributed by atoms with Crippen LogP contribution in [0.1, 0.15) is 72.2 Å². The number of ether oxygens (including phenoxy) is 2. The van der Waals surface area contributed by atoms with Crippen LogP contribution in [0.2, 0.25) is 0 Å². The predicted octanol–water partition coefficient (Wildman–Crippen LogP) is 5.58. The molecule has 4 rings (SSSR count). The molecule has 2 aromatic carbocycles. The molecule has 1 fully saturated rings. The van der Waals surface area contributed by atoms with E-state index >= 15 is 0 Å². The molecule has 0 unspecified atom stereocenters. The Morgan fingerprint density at radius 3 is 2.34 bits per heavy atom. The van der Waals surface area contributed by atoms with Gasteiger partial charge in [0.05, 0.1) is 43.3 Å². The Balaban J connectivity index is 1.48. The third kappa shape index (κ3) is 8.01. The normalized spacial score (nSPS) is 14.0. The zero-order valence-corrected chi connectivity index (χ0v) is 26.8. The second-order valence-electron chi connectivity index (χ2n) is 13.1. The number of morpholine rings is 1. The number of carbonyl (C=O) groups excluding carboxylic acids is 2. The van der Waals surface area contributed by atoms with Gasteiger partial charge in [0.1, 0.15) is 11.8 Å². The molecule has 1 aliphatic rings. The summed E-state index contributed by atoms with van der Waals surface area (Å²) in [6.45, 7) is 17.1. The van der Waals surface area contributed by atoms with Crippen LogP contribution in [0.5, 0.6) is 5.75 Å². The molecule has 2 amide bonds. The van der Waals surface area contributed by atoms with Gasteiger partial charge in [-0.3, -0.25) is 19.5 Å². The van der Waals surface area contributed by atoms with Crippen molar-refractivity contribution >= 4 is 17.5 Å². The maximum absolute atomic E-state index is 13.5. The molecular formula is C35H43N5O4. The molecule has 2 N–H and O–H groups in total. The second-order valence-corrected chi connectivity index (χ2v) is 13.1. The molecule has 0 saturated carbocycles. The van der Waals surface area contributed by atoms with Crippen LogP contribution in [0.4, 0.5) is 5.69 Å². The largest absolute Gasteiger partial charge is 0.495 e. The van der Waals surface area contributed by atoms with Gasteiger partial charge < -0.3 is 20.1 Å². The molecule has 0 spiro atoms. The highest BCUT2D eigenvalue weighted by molar-refractivity contribution is 6.07. The van der Waals surface area contributed by atoms with Crippen molar-refractivity contribution in [1.82, 2.24) is 15.2 Å². The summed E-state index contributed by atoms with van der Waals surface area (Å²) in [7, 11) is 1.45. The number of rotatable bonds is 9. The number of carbonyl (C=O) groups is 2. The summed E-state index contributed by atoms with van der Waals surface area (Å²) < 4.78 is 10.9. The number of hydrogen-bond donors (Lipinski definition) is 2. The fraction of sp³-hybridized carbons (Fsp3) is 0.429. The number of anilines is 1. The number of aryl methyl sites for hydroxylation is 1. The first-order chi connectivity index (χ1) is 20.8. The molecule has 1 saturated heterocycles. The van der Waals surface area contributed by atoms with E-state index < -0.39 is 5.91 Å². The molecule has 3 aromatic rings. The van der Waals surface area contributed by atoms with Gasteiger partial charge >= 0.3 is 0 Å². The molecular weight excluding hydrogens is 554 g/mol. The molecule has 44 heavy (non-hydrogen) atoms. The number of benzene rings is 2. The zero-order chi connectivity index (χ0) is 32.1. The average molecular weight is 598 g/mol. The summed E-state index contributed by atoms with van der Waals surface area (Å²) in [4.78, 5) is 33.3. The highest BCUT2D eigenvalue weighted by atomic mass is 16.5. The highest BCUT2D eigenvalue weighted by Crippen LogP contribution is 2.33. The van der Waals surface area contributed by atoms with Crippen molar-refractivity contribution in [3.63, 3.8) is 0 Å². The van der Waals surface area contributed by atoms with Crippen molar-refractivity contribution in [2.45, 2.75) is 47.0 Å². The van der Waals surface area contributed by atoms with Crippen LogP contribution in [0, 0.1) is 23.7 Å². The molecule has 2 heterocycles. The lowest BCUT2D eigenvalue weighted by Crippen LogP contribution is -2.46. The van der Waals surface area contributed by atoms with E-state index in [0.29, 0.717) is 23.4 Å². The average Bonchev–Trinajstić information content (AvgIpc) is 3.00. The van der Waals surface area contributed by atoms with E-state index in [2.05, 4.69) is 40.4 Å². The molecule has 0 bridgehead atoms. The Hall–Kier alpha value is -4.26. The van der Waals surface area contributed by atoms with E-state index in [0.717, 1.165) is 55.2 Å². The van der Waals surface area contributed by atoms with Crippen LogP contribution in [-0.4, -0.2) is 68.2 Å². The van der Waals surface area contributed by atoms with Gasteiger partial charge in [0, 0.05) is 43.0 Å². The minimum Gasteiger partial charge on any atom is -0.495 e. The summed E-state index contributed by atoms with van der Waals surface area (Å²) in [5.41, 5.74) is 4.65. The Morgan fingerprint density at radius 2 is 1.73 bits per heavy atom. The number of nitrogens with one attached hydrogen (secondary N) is 2. The summed E-state index contributed by atoms with van der Waals surface area (Å²) in [5, 5.41) is 15.7. The zero-order valence-electron chi connectivity index (χ0n) is 26.8. The van der Waals surface area contributed by atoms with Crippen molar-refractivity contribution in [1.29, 1.82) is 5.26 Å². The van der Waals surface area contributed by atoms with Crippen molar-refractivity contribution in [3.8, 4) is 22.9 Å². The summed E-state index contributed by atoms with van der Waals surface area (Å²) in [5.74, 6) is -0.285. The third-order valence-corrected chi connectivity index (χ3v) is 7.81. The van der Waals surface area contributed by atoms with Gasteiger partial charge in [-0.1, -0.05) is 46.8 Å². The van der Waals surface area contributed by atoms with Crippen LogP contribution in [0.25, 0.3) is 11.1 Å². The van der Waals surface area contributed by atoms with Crippen molar-refractivity contribution < 1.29 is 19.1 Å². The van der Waals surface area contributed by atoms with Gasteiger partial charge in [-0.2, -0.15) is 5.26 Å². The van der Waals surface area contributed by atoms with Gasteiger partial charge in [-0.25, -0.2) is 0 Å². The Kier molecular flexibility index (Phi) is 10.1. The molecule has 232 valence electrons. The van der Waals surface area contributed by atoms with Gasteiger partial charge in [0.15, 0.2) is 0 Å². The number of nitriles is 1. The minimum atomic E-state index is -0.399. The van der Waals surface area contributed by atoms with Gasteiger partial charge in [-0.15, -0.1) is 0 Å². The van der Waals surface area contributed by atoms with E-state index in [-0.39, 0.29) is 28.1 Å². The Labute approximate surface area is 260 Å². The topological polar surface area (TPSA) is 117 Å². The summed E-state index contributed by atoms with van der Waals surface area (Å²) in [6.07, 6.45) is 1.60. The van der Waals surface area contributed by atoms with Crippen LogP contribution in [0.15, 0.2) is 48.7 Å². The second kappa shape index (κ2) is 13.6. The van der Waals surface area contributed by atoms with E-state index in [9.17, 15) is 14.9 Å².